The molecule has 0 saturated heterocycles. The number of carbonyl (C=O) groups is 1. The molecule has 0 aliphatic carbocycles. The lowest BCUT2D eigenvalue weighted by Crippen LogP contribution is -2.27. The molecule has 0 radical (unpaired) electrons. The van der Waals surface area contributed by atoms with Gasteiger partial charge in [0.2, 0.25) is 10.0 Å². The molecule has 140 valence electrons. The number of sulfonamides is 1. The van der Waals surface area contributed by atoms with Crippen molar-refractivity contribution in [3.63, 3.8) is 0 Å². The van der Waals surface area contributed by atoms with Gasteiger partial charge in [-0.1, -0.05) is 0 Å². The zero-order valence-corrected chi connectivity index (χ0v) is 15.9. The Hall–Kier alpha value is -2.74. The first-order valence-electron chi connectivity index (χ1n) is 7.84. The van der Waals surface area contributed by atoms with Crippen molar-refractivity contribution in [1.82, 2.24) is 5.32 Å². The highest BCUT2D eigenvalue weighted by Crippen LogP contribution is 2.29. The smallest absolute Gasteiger partial charge is 0.251 e. The molecule has 2 N–H and O–H groups in total. The number of anilines is 1. The largest absolute Gasteiger partial charge is 0.497 e. The lowest BCUT2D eigenvalue weighted by molar-refractivity contribution is 0.0939. The lowest BCUT2D eigenvalue weighted by Gasteiger charge is -2.18. The third kappa shape index (κ3) is 5.13. The molecule has 0 aromatic heterocycles. The van der Waals surface area contributed by atoms with Crippen molar-refractivity contribution in [1.29, 1.82) is 0 Å². The molecule has 0 saturated carbocycles. The Kier molecular flexibility index (Phi) is 6.10. The zero-order valence-electron chi connectivity index (χ0n) is 15.1. The van der Waals surface area contributed by atoms with Gasteiger partial charge in [-0.2, -0.15) is 0 Å². The highest BCUT2D eigenvalue weighted by molar-refractivity contribution is 7.92. The van der Waals surface area contributed by atoms with Crippen molar-refractivity contribution in [3.8, 4) is 11.5 Å². The molecule has 8 heteroatoms. The van der Waals surface area contributed by atoms with Gasteiger partial charge < -0.3 is 14.8 Å². The predicted octanol–water partition coefficient (Wildman–Crippen LogP) is 2.57. The third-order valence-electron chi connectivity index (χ3n) is 3.70. The van der Waals surface area contributed by atoms with E-state index < -0.39 is 10.0 Å². The van der Waals surface area contributed by atoms with E-state index in [9.17, 15) is 13.2 Å². The number of benzene rings is 2. The van der Waals surface area contributed by atoms with Gasteiger partial charge in [0.25, 0.3) is 5.91 Å². The van der Waals surface area contributed by atoms with E-state index in [0.717, 1.165) is 11.8 Å². The average Bonchev–Trinajstić information content (AvgIpc) is 2.60. The molecule has 2 aromatic rings. The fourth-order valence-corrected chi connectivity index (χ4v) is 3.00. The summed E-state index contributed by atoms with van der Waals surface area (Å²) in [5.74, 6) is 1.03. The molecule has 0 heterocycles. The number of nitrogens with one attached hydrogen (secondary N) is 2. The van der Waals surface area contributed by atoms with Crippen molar-refractivity contribution in [3.05, 3.63) is 53.6 Å². The van der Waals surface area contributed by atoms with Gasteiger partial charge in [0.05, 0.1) is 26.5 Å². The minimum absolute atomic E-state index is 0.284. The van der Waals surface area contributed by atoms with Crippen LogP contribution in [0.2, 0.25) is 0 Å². The Labute approximate surface area is 153 Å². The van der Waals surface area contributed by atoms with E-state index in [2.05, 4.69) is 10.0 Å². The van der Waals surface area contributed by atoms with Crippen LogP contribution in [0.25, 0.3) is 0 Å². The number of ether oxygens (including phenoxy) is 2. The quantitative estimate of drug-likeness (QED) is 0.772. The molecule has 0 aliphatic rings. The maximum Gasteiger partial charge on any atom is 0.251 e. The number of carbonyl (C=O) groups excluding carboxylic acids is 1. The average molecular weight is 378 g/mol. The van der Waals surface area contributed by atoms with E-state index >= 15 is 0 Å². The first kappa shape index (κ1) is 19.6. The minimum atomic E-state index is -3.36. The SMILES string of the molecule is COc1ccc(OC)c([C@@H](C)NC(=O)c2ccc(NS(C)(=O)=O)cc2)c1. The molecule has 26 heavy (non-hydrogen) atoms. The molecule has 2 rings (SSSR count). The third-order valence-corrected chi connectivity index (χ3v) is 4.31. The first-order chi connectivity index (χ1) is 12.2. The van der Waals surface area contributed by atoms with Crippen molar-refractivity contribution < 1.29 is 22.7 Å². The summed E-state index contributed by atoms with van der Waals surface area (Å²) in [6.45, 7) is 1.84. The predicted molar refractivity (Wildman–Crippen MR) is 100 cm³/mol. The molecule has 0 fully saturated rings. The van der Waals surface area contributed by atoms with Crippen molar-refractivity contribution in [2.75, 3.05) is 25.2 Å². The Morgan fingerprint density at radius 3 is 2.23 bits per heavy atom. The molecule has 1 amide bonds. The zero-order chi connectivity index (χ0) is 19.3. The van der Waals surface area contributed by atoms with Gasteiger partial charge >= 0.3 is 0 Å². The molecule has 7 nitrogen and oxygen atoms in total. The van der Waals surface area contributed by atoms with Crippen LogP contribution in [0.5, 0.6) is 11.5 Å². The van der Waals surface area contributed by atoms with Gasteiger partial charge in [-0.15, -0.1) is 0 Å². The van der Waals surface area contributed by atoms with Gasteiger partial charge in [0, 0.05) is 16.8 Å². The van der Waals surface area contributed by atoms with Gasteiger partial charge in [0.1, 0.15) is 11.5 Å². The van der Waals surface area contributed by atoms with Crippen LogP contribution in [-0.4, -0.2) is 34.8 Å². The summed E-state index contributed by atoms with van der Waals surface area (Å²) >= 11 is 0. The fourth-order valence-electron chi connectivity index (χ4n) is 2.44. The van der Waals surface area contributed by atoms with Gasteiger partial charge in [-0.25, -0.2) is 8.42 Å². The second-order valence-corrected chi connectivity index (χ2v) is 7.50. The van der Waals surface area contributed by atoms with Crippen molar-refractivity contribution in [2.24, 2.45) is 0 Å². The van der Waals surface area contributed by atoms with Gasteiger partial charge in [0.15, 0.2) is 0 Å². The van der Waals surface area contributed by atoms with Crippen LogP contribution in [0.3, 0.4) is 0 Å². The van der Waals surface area contributed by atoms with Gasteiger partial charge in [-0.3, -0.25) is 9.52 Å². The van der Waals surface area contributed by atoms with E-state index in [0.29, 0.717) is 22.7 Å². The second-order valence-electron chi connectivity index (χ2n) is 5.75. The summed E-state index contributed by atoms with van der Waals surface area (Å²) in [5.41, 5.74) is 1.60. The molecule has 0 spiro atoms. The Morgan fingerprint density at radius 1 is 1.04 bits per heavy atom. The van der Waals surface area contributed by atoms with Crippen molar-refractivity contribution >= 4 is 21.6 Å². The first-order valence-corrected chi connectivity index (χ1v) is 9.73. The molecule has 0 bridgehead atoms. The summed E-state index contributed by atoms with van der Waals surface area (Å²) < 4.78 is 35.4. The van der Waals surface area contributed by atoms with Crippen LogP contribution >= 0.6 is 0 Å². The van der Waals surface area contributed by atoms with E-state index in [1.54, 1.807) is 38.5 Å². The lowest BCUT2D eigenvalue weighted by atomic mass is 10.1. The van der Waals surface area contributed by atoms with Crippen LogP contribution in [0.1, 0.15) is 28.9 Å². The highest BCUT2D eigenvalue weighted by atomic mass is 32.2. The molecule has 0 unspecified atom stereocenters. The summed E-state index contributed by atoms with van der Waals surface area (Å²) in [6.07, 6.45) is 1.07. The Balaban J connectivity index is 2.14. The van der Waals surface area contributed by atoms with Crippen LogP contribution in [0, 0.1) is 0 Å². The number of amides is 1. The maximum absolute atomic E-state index is 12.5. The van der Waals surface area contributed by atoms with Crippen LogP contribution in [0.15, 0.2) is 42.5 Å². The number of hydrogen-bond donors (Lipinski definition) is 2. The topological polar surface area (TPSA) is 93.7 Å². The number of rotatable bonds is 7. The fraction of sp³-hybridized carbons (Fsp3) is 0.278. The van der Waals surface area contributed by atoms with E-state index in [4.69, 9.17) is 9.47 Å². The molecular formula is C18H22N2O5S. The molecule has 0 aliphatic heterocycles. The maximum atomic E-state index is 12.5. The van der Waals surface area contributed by atoms with E-state index in [1.807, 2.05) is 13.0 Å². The number of hydrogen-bond acceptors (Lipinski definition) is 5. The monoisotopic (exact) mass is 378 g/mol. The summed E-state index contributed by atoms with van der Waals surface area (Å²) in [6, 6.07) is 11.2. The summed E-state index contributed by atoms with van der Waals surface area (Å²) in [5, 5.41) is 2.89. The highest BCUT2D eigenvalue weighted by Gasteiger charge is 2.16. The second kappa shape index (κ2) is 8.09. The molecule has 2 aromatic carbocycles. The molecule has 1 atom stereocenters. The van der Waals surface area contributed by atoms with Crippen LogP contribution in [0.4, 0.5) is 5.69 Å². The number of methoxy groups -OCH3 is 2. The minimum Gasteiger partial charge on any atom is -0.497 e. The molecular weight excluding hydrogens is 356 g/mol. The Morgan fingerprint density at radius 2 is 1.69 bits per heavy atom. The normalized spacial score (nSPS) is 12.2. The van der Waals surface area contributed by atoms with E-state index in [1.165, 1.54) is 12.1 Å². The summed E-state index contributed by atoms with van der Waals surface area (Å²) in [7, 11) is -0.223. The standard InChI is InChI=1S/C18H22N2O5S/c1-12(16-11-15(24-2)9-10-17(16)25-3)19-18(21)13-5-7-14(8-6-13)20-26(4,22)23/h5-12,20H,1-4H3,(H,19,21)/t12-/m1/s1. The Bertz CT molecular complexity index is 879. The van der Waals surface area contributed by atoms with E-state index in [-0.39, 0.29) is 11.9 Å². The van der Waals surface area contributed by atoms with Crippen LogP contribution < -0.4 is 19.5 Å². The summed E-state index contributed by atoms with van der Waals surface area (Å²) in [4.78, 5) is 12.5. The van der Waals surface area contributed by atoms with Crippen molar-refractivity contribution in [2.45, 2.75) is 13.0 Å². The van der Waals surface area contributed by atoms with Gasteiger partial charge in [-0.05, 0) is 49.4 Å². The van der Waals surface area contributed by atoms with Crippen LogP contribution in [-0.2, 0) is 10.0 Å².